The predicted molar refractivity (Wildman–Crippen MR) is 40.8 cm³/mol. The molecule has 0 aromatic carbocycles. The van der Waals surface area contributed by atoms with Crippen LogP contribution < -0.4 is 11.1 Å². The second kappa shape index (κ2) is 3.27. The first-order valence-corrected chi connectivity index (χ1v) is 3.33. The summed E-state index contributed by atoms with van der Waals surface area (Å²) in [5.74, 6) is -0.679. The highest BCUT2D eigenvalue weighted by Crippen LogP contribution is 2.15. The molecule has 1 aromatic rings. The van der Waals surface area contributed by atoms with Gasteiger partial charge in [-0.1, -0.05) is 0 Å². The molecule has 1 heterocycles. The van der Waals surface area contributed by atoms with Crippen molar-refractivity contribution in [1.29, 1.82) is 0 Å². The van der Waals surface area contributed by atoms with Gasteiger partial charge in [0.05, 0.1) is 11.8 Å². The van der Waals surface area contributed by atoms with Crippen LogP contribution in [0.15, 0.2) is 16.7 Å². The van der Waals surface area contributed by atoms with Crippen LogP contribution in [0.5, 0.6) is 0 Å². The van der Waals surface area contributed by atoms with Crippen LogP contribution in [0.1, 0.15) is 10.4 Å². The van der Waals surface area contributed by atoms with Crippen molar-refractivity contribution in [1.82, 2.24) is 5.32 Å². The van der Waals surface area contributed by atoms with Gasteiger partial charge in [-0.2, -0.15) is 0 Å². The van der Waals surface area contributed by atoms with Crippen LogP contribution in [-0.4, -0.2) is 11.9 Å². The van der Waals surface area contributed by atoms with E-state index in [1.807, 2.05) is 5.32 Å². The lowest BCUT2D eigenvalue weighted by atomic mass is 10.3. The molecule has 0 atom stereocenters. The maximum atomic E-state index is 11.0. The second-order valence-corrected chi connectivity index (χ2v) is 2.27. The lowest BCUT2D eigenvalue weighted by Crippen LogP contribution is -2.34. The Kier molecular flexibility index (Phi) is 2.35. The minimum absolute atomic E-state index is 0.0752. The maximum Gasteiger partial charge on any atom is 0.319 e. The number of furan rings is 1. The number of halogens is 1. The Morgan fingerprint density at radius 1 is 1.58 bits per heavy atom. The van der Waals surface area contributed by atoms with Gasteiger partial charge in [0.25, 0.3) is 5.91 Å². The Balaban J connectivity index is 2.78. The Morgan fingerprint density at radius 3 is 2.67 bits per heavy atom. The van der Waals surface area contributed by atoms with Crippen molar-refractivity contribution >= 4 is 23.5 Å². The summed E-state index contributed by atoms with van der Waals surface area (Å²) in [5.41, 5.74) is 4.78. The van der Waals surface area contributed by atoms with E-state index in [0.29, 0.717) is 0 Å². The molecule has 0 radical (unpaired) electrons. The molecule has 0 spiro atoms. The third kappa shape index (κ3) is 1.76. The molecule has 0 bridgehead atoms. The number of carbonyl (C=O) groups is 2. The molecular formula is C6H5ClN2O3. The van der Waals surface area contributed by atoms with Gasteiger partial charge in [-0.15, -0.1) is 0 Å². The van der Waals surface area contributed by atoms with Crippen LogP contribution in [0, 0.1) is 0 Å². The van der Waals surface area contributed by atoms with Gasteiger partial charge in [0.2, 0.25) is 5.22 Å². The number of nitrogens with one attached hydrogen (secondary N) is 1. The monoisotopic (exact) mass is 188 g/mol. The van der Waals surface area contributed by atoms with Crippen molar-refractivity contribution in [3.63, 3.8) is 0 Å². The fourth-order valence-electron chi connectivity index (χ4n) is 0.635. The number of carbonyl (C=O) groups excluding carboxylic acids is 2. The molecule has 64 valence electrons. The molecule has 3 N–H and O–H groups in total. The molecule has 1 rings (SSSR count). The molecule has 5 nitrogen and oxygen atoms in total. The quantitative estimate of drug-likeness (QED) is 0.682. The van der Waals surface area contributed by atoms with Gasteiger partial charge in [0, 0.05) is 0 Å². The van der Waals surface area contributed by atoms with E-state index in [1.54, 1.807) is 0 Å². The van der Waals surface area contributed by atoms with Gasteiger partial charge in [0.15, 0.2) is 0 Å². The Hall–Kier alpha value is -1.49. The summed E-state index contributed by atoms with van der Waals surface area (Å²) in [4.78, 5) is 21.2. The summed E-state index contributed by atoms with van der Waals surface area (Å²) in [6.45, 7) is 0. The number of imide groups is 1. The summed E-state index contributed by atoms with van der Waals surface area (Å²) in [6.07, 6.45) is 1.23. The first-order chi connectivity index (χ1) is 5.61. The van der Waals surface area contributed by atoms with Crippen LogP contribution in [0.3, 0.4) is 0 Å². The van der Waals surface area contributed by atoms with E-state index < -0.39 is 11.9 Å². The predicted octanol–water partition coefficient (Wildman–Crippen LogP) is 0.741. The summed E-state index contributed by atoms with van der Waals surface area (Å²) >= 11 is 5.44. The van der Waals surface area contributed by atoms with E-state index in [0.717, 1.165) is 0 Å². The van der Waals surface area contributed by atoms with Gasteiger partial charge in [0.1, 0.15) is 0 Å². The van der Waals surface area contributed by atoms with Crippen molar-refractivity contribution in [3.8, 4) is 0 Å². The van der Waals surface area contributed by atoms with Gasteiger partial charge in [-0.05, 0) is 17.7 Å². The van der Waals surface area contributed by atoms with Crippen molar-refractivity contribution in [3.05, 3.63) is 23.1 Å². The van der Waals surface area contributed by atoms with E-state index in [2.05, 4.69) is 4.42 Å². The van der Waals surface area contributed by atoms with Crippen LogP contribution in [0.2, 0.25) is 5.22 Å². The molecule has 0 aliphatic carbocycles. The lowest BCUT2D eigenvalue weighted by Gasteiger charge is -1.96. The highest BCUT2D eigenvalue weighted by molar-refractivity contribution is 6.32. The summed E-state index contributed by atoms with van der Waals surface area (Å²) in [6, 6.07) is 0.401. The lowest BCUT2D eigenvalue weighted by molar-refractivity contribution is 0.0966. The maximum absolute atomic E-state index is 11.0. The third-order valence-corrected chi connectivity index (χ3v) is 1.39. The van der Waals surface area contributed by atoms with E-state index in [-0.39, 0.29) is 10.8 Å². The third-order valence-electron chi connectivity index (χ3n) is 1.10. The van der Waals surface area contributed by atoms with Crippen molar-refractivity contribution in [2.75, 3.05) is 0 Å². The minimum atomic E-state index is -0.933. The Labute approximate surface area is 72.5 Å². The number of primary amides is 1. The van der Waals surface area contributed by atoms with E-state index in [9.17, 15) is 9.59 Å². The number of hydrogen-bond acceptors (Lipinski definition) is 3. The van der Waals surface area contributed by atoms with Crippen LogP contribution >= 0.6 is 11.6 Å². The van der Waals surface area contributed by atoms with Crippen molar-refractivity contribution in [2.24, 2.45) is 5.73 Å². The molecule has 1 aromatic heterocycles. The summed E-state index contributed by atoms with van der Waals surface area (Å²) in [5, 5.41) is 1.77. The molecule has 0 unspecified atom stereocenters. The zero-order valence-electron chi connectivity index (χ0n) is 5.83. The molecule has 0 aliphatic rings. The van der Waals surface area contributed by atoms with E-state index >= 15 is 0 Å². The van der Waals surface area contributed by atoms with Gasteiger partial charge in [-0.25, -0.2) is 4.79 Å². The highest BCUT2D eigenvalue weighted by Gasteiger charge is 2.13. The summed E-state index contributed by atoms with van der Waals surface area (Å²) in [7, 11) is 0. The van der Waals surface area contributed by atoms with Gasteiger partial charge < -0.3 is 10.2 Å². The van der Waals surface area contributed by atoms with Gasteiger partial charge >= 0.3 is 6.03 Å². The zero-order chi connectivity index (χ0) is 9.14. The van der Waals surface area contributed by atoms with Gasteiger partial charge in [-0.3, -0.25) is 10.1 Å². The van der Waals surface area contributed by atoms with Crippen molar-refractivity contribution in [2.45, 2.75) is 0 Å². The fraction of sp³-hybridized carbons (Fsp3) is 0. The molecular weight excluding hydrogens is 184 g/mol. The standard InChI is InChI=1S/C6H5ClN2O3/c7-4-3(1-2-12-4)5(10)9-6(8)11/h1-2H,(H3,8,9,10,11). The number of amides is 3. The van der Waals surface area contributed by atoms with E-state index in [1.165, 1.54) is 12.3 Å². The number of urea groups is 1. The first kappa shape index (κ1) is 8.61. The zero-order valence-corrected chi connectivity index (χ0v) is 6.59. The molecule has 0 fully saturated rings. The average molecular weight is 189 g/mol. The van der Waals surface area contributed by atoms with E-state index in [4.69, 9.17) is 17.3 Å². The SMILES string of the molecule is NC(=O)NC(=O)c1ccoc1Cl. The average Bonchev–Trinajstić information content (AvgIpc) is 2.33. The van der Waals surface area contributed by atoms with Crippen LogP contribution in [0.25, 0.3) is 0 Å². The normalized spacial score (nSPS) is 9.42. The first-order valence-electron chi connectivity index (χ1n) is 2.95. The topological polar surface area (TPSA) is 85.3 Å². The molecule has 3 amide bonds. The number of rotatable bonds is 1. The van der Waals surface area contributed by atoms with Crippen LogP contribution in [0.4, 0.5) is 4.79 Å². The summed E-state index contributed by atoms with van der Waals surface area (Å²) < 4.78 is 4.62. The molecule has 0 aliphatic heterocycles. The van der Waals surface area contributed by atoms with Crippen LogP contribution in [-0.2, 0) is 0 Å². The Morgan fingerprint density at radius 2 is 2.25 bits per heavy atom. The molecule has 0 saturated heterocycles. The number of nitrogens with two attached hydrogens (primary N) is 1. The Bertz CT molecular complexity index is 320. The second-order valence-electron chi connectivity index (χ2n) is 1.93. The highest BCUT2D eigenvalue weighted by atomic mass is 35.5. The van der Waals surface area contributed by atoms with Crippen molar-refractivity contribution < 1.29 is 14.0 Å². The number of hydrogen-bond donors (Lipinski definition) is 2. The fourth-order valence-corrected chi connectivity index (χ4v) is 0.835. The molecule has 12 heavy (non-hydrogen) atoms. The molecule has 6 heteroatoms. The smallest absolute Gasteiger partial charge is 0.319 e. The minimum Gasteiger partial charge on any atom is -0.452 e. The molecule has 0 saturated carbocycles. The largest absolute Gasteiger partial charge is 0.452 e.